The van der Waals surface area contributed by atoms with E-state index in [-0.39, 0.29) is 5.78 Å². The normalized spacial score (nSPS) is 10.7. The molecule has 0 aliphatic rings. The third-order valence-corrected chi connectivity index (χ3v) is 3.70. The van der Waals surface area contributed by atoms with Crippen molar-refractivity contribution in [2.24, 2.45) is 0 Å². The van der Waals surface area contributed by atoms with E-state index in [4.69, 9.17) is 4.74 Å². The van der Waals surface area contributed by atoms with Crippen LogP contribution in [0.5, 0.6) is 5.75 Å². The second-order valence-electron chi connectivity index (χ2n) is 4.20. The molecule has 0 aliphatic heterocycles. The number of fused-ring (bicyclic) bond motifs is 1. The number of rotatable bonds is 4. The van der Waals surface area contributed by atoms with Crippen molar-refractivity contribution in [3.05, 3.63) is 53.3 Å². The zero-order valence-corrected chi connectivity index (χ0v) is 11.7. The Hall–Kier alpha value is -2.27. The van der Waals surface area contributed by atoms with Gasteiger partial charge in [0.15, 0.2) is 5.78 Å². The predicted molar refractivity (Wildman–Crippen MR) is 78.5 cm³/mol. The number of pyridine rings is 2. The average molecular weight is 284 g/mol. The summed E-state index contributed by atoms with van der Waals surface area (Å²) in [4.78, 5) is 20.8. The molecule has 5 heteroatoms. The minimum Gasteiger partial charge on any atom is -0.492 e. The number of carbonyl (C=O) groups is 1. The topological polar surface area (TPSA) is 52.1 Å². The van der Waals surface area contributed by atoms with E-state index >= 15 is 0 Å². The van der Waals surface area contributed by atoms with Crippen LogP contribution in [-0.2, 0) is 0 Å². The maximum absolute atomic E-state index is 12.4. The van der Waals surface area contributed by atoms with E-state index in [1.165, 1.54) is 0 Å². The highest BCUT2D eigenvalue weighted by Crippen LogP contribution is 2.21. The van der Waals surface area contributed by atoms with Crippen LogP contribution in [-0.4, -0.2) is 22.4 Å². The molecule has 0 saturated carbocycles. The minimum absolute atomic E-state index is 0.0955. The first-order valence-corrected chi connectivity index (χ1v) is 7.11. The van der Waals surface area contributed by atoms with Crippen molar-refractivity contribution < 1.29 is 9.53 Å². The van der Waals surface area contributed by atoms with E-state index in [2.05, 4.69) is 9.97 Å². The van der Waals surface area contributed by atoms with E-state index < -0.39 is 0 Å². The summed E-state index contributed by atoms with van der Waals surface area (Å²) in [7, 11) is 0. The molecule has 3 heterocycles. The Morgan fingerprint density at radius 1 is 1.25 bits per heavy atom. The summed E-state index contributed by atoms with van der Waals surface area (Å²) in [5.74, 6) is 0.505. The van der Waals surface area contributed by atoms with Gasteiger partial charge in [-0.1, -0.05) is 0 Å². The van der Waals surface area contributed by atoms with Crippen molar-refractivity contribution in [3.63, 3.8) is 0 Å². The van der Waals surface area contributed by atoms with E-state index in [9.17, 15) is 4.79 Å². The molecule has 0 spiro atoms. The Bertz CT molecular complexity index is 767. The fraction of sp³-hybridized carbons (Fsp3) is 0.133. The third kappa shape index (κ3) is 2.40. The highest BCUT2D eigenvalue weighted by molar-refractivity contribution is 7.17. The SMILES string of the molecule is CCOc1cncc(C(=O)c2cnc3ccsc3c2)c1. The van der Waals surface area contributed by atoms with Gasteiger partial charge in [-0.25, -0.2) is 0 Å². The van der Waals surface area contributed by atoms with Gasteiger partial charge in [0, 0.05) is 23.5 Å². The van der Waals surface area contributed by atoms with Crippen molar-refractivity contribution >= 4 is 27.3 Å². The van der Waals surface area contributed by atoms with E-state index in [0.29, 0.717) is 23.5 Å². The highest BCUT2D eigenvalue weighted by atomic mass is 32.1. The number of carbonyl (C=O) groups excluding carboxylic acids is 1. The fourth-order valence-electron chi connectivity index (χ4n) is 1.93. The summed E-state index contributed by atoms with van der Waals surface area (Å²) < 4.78 is 6.37. The van der Waals surface area contributed by atoms with Gasteiger partial charge in [0.2, 0.25) is 0 Å². The highest BCUT2D eigenvalue weighted by Gasteiger charge is 2.12. The number of thiophene rings is 1. The lowest BCUT2D eigenvalue weighted by Crippen LogP contribution is -2.03. The molecular weight excluding hydrogens is 272 g/mol. The zero-order chi connectivity index (χ0) is 13.9. The van der Waals surface area contributed by atoms with Crippen LogP contribution in [0.4, 0.5) is 0 Å². The monoisotopic (exact) mass is 284 g/mol. The average Bonchev–Trinajstić information content (AvgIpc) is 2.94. The van der Waals surface area contributed by atoms with Gasteiger partial charge in [0.05, 0.1) is 23.0 Å². The summed E-state index contributed by atoms with van der Waals surface area (Å²) in [5, 5.41) is 1.96. The molecule has 0 aromatic carbocycles. The van der Waals surface area contributed by atoms with Crippen molar-refractivity contribution in [2.75, 3.05) is 6.61 Å². The van der Waals surface area contributed by atoms with E-state index in [1.54, 1.807) is 36.0 Å². The molecule has 0 unspecified atom stereocenters. The number of nitrogens with zero attached hydrogens (tertiary/aromatic N) is 2. The molecule has 4 nitrogen and oxygen atoms in total. The van der Waals surface area contributed by atoms with Gasteiger partial charge in [0.1, 0.15) is 5.75 Å². The number of ether oxygens (including phenoxy) is 1. The first-order valence-electron chi connectivity index (χ1n) is 6.23. The first kappa shape index (κ1) is 12.7. The van der Waals surface area contributed by atoms with Crippen molar-refractivity contribution in [2.45, 2.75) is 6.92 Å². The van der Waals surface area contributed by atoms with E-state index in [0.717, 1.165) is 10.2 Å². The number of hydrogen-bond donors (Lipinski definition) is 0. The molecule has 0 fully saturated rings. The molecule has 0 aliphatic carbocycles. The molecule has 3 aromatic rings. The lowest BCUT2D eigenvalue weighted by atomic mass is 10.1. The summed E-state index contributed by atoms with van der Waals surface area (Å²) in [5.41, 5.74) is 1.98. The van der Waals surface area contributed by atoms with Crippen LogP contribution < -0.4 is 4.74 Å². The second-order valence-corrected chi connectivity index (χ2v) is 5.15. The van der Waals surface area contributed by atoms with Crippen LogP contribution in [0.15, 0.2) is 42.2 Å². The minimum atomic E-state index is -0.0955. The van der Waals surface area contributed by atoms with Gasteiger partial charge in [-0.3, -0.25) is 14.8 Å². The number of hydrogen-bond acceptors (Lipinski definition) is 5. The van der Waals surface area contributed by atoms with Crippen molar-refractivity contribution in [1.82, 2.24) is 9.97 Å². The Kier molecular flexibility index (Phi) is 3.43. The fourth-order valence-corrected chi connectivity index (χ4v) is 2.71. The summed E-state index contributed by atoms with van der Waals surface area (Å²) in [6, 6.07) is 5.51. The first-order chi connectivity index (χ1) is 9.78. The van der Waals surface area contributed by atoms with Crippen LogP contribution >= 0.6 is 11.3 Å². The van der Waals surface area contributed by atoms with E-state index in [1.807, 2.05) is 24.4 Å². The maximum atomic E-state index is 12.4. The van der Waals surface area contributed by atoms with Gasteiger partial charge in [-0.2, -0.15) is 0 Å². The van der Waals surface area contributed by atoms with Gasteiger partial charge in [0.25, 0.3) is 0 Å². The molecule has 0 radical (unpaired) electrons. The molecule has 0 saturated heterocycles. The Labute approximate surface area is 120 Å². The van der Waals surface area contributed by atoms with Crippen molar-refractivity contribution in [1.29, 1.82) is 0 Å². The summed E-state index contributed by atoms with van der Waals surface area (Å²) in [6.07, 6.45) is 4.75. The molecule has 0 amide bonds. The lowest BCUT2D eigenvalue weighted by Gasteiger charge is -2.05. The van der Waals surface area contributed by atoms with Crippen LogP contribution in [0, 0.1) is 0 Å². The molecule has 0 atom stereocenters. The van der Waals surface area contributed by atoms with Gasteiger partial charge < -0.3 is 4.74 Å². The Morgan fingerprint density at radius 2 is 2.10 bits per heavy atom. The molecule has 3 aromatic heterocycles. The zero-order valence-electron chi connectivity index (χ0n) is 10.9. The smallest absolute Gasteiger partial charge is 0.196 e. The van der Waals surface area contributed by atoms with Crippen LogP contribution in [0.2, 0.25) is 0 Å². The van der Waals surface area contributed by atoms with Gasteiger partial charge >= 0.3 is 0 Å². The molecule has 100 valence electrons. The Balaban J connectivity index is 1.96. The standard InChI is InChI=1S/C15H12N2O2S/c1-2-19-12-5-10(7-16-9-12)15(18)11-6-14-13(17-8-11)3-4-20-14/h3-9H,2H2,1H3. The number of aromatic nitrogens is 2. The maximum Gasteiger partial charge on any atom is 0.196 e. The predicted octanol–water partition coefficient (Wildman–Crippen LogP) is 3.32. The summed E-state index contributed by atoms with van der Waals surface area (Å²) >= 11 is 1.57. The lowest BCUT2D eigenvalue weighted by molar-refractivity contribution is 0.103. The molecule has 0 N–H and O–H groups in total. The van der Waals surface area contributed by atoms with Gasteiger partial charge in [-0.15, -0.1) is 11.3 Å². The van der Waals surface area contributed by atoms with Crippen LogP contribution in [0.25, 0.3) is 10.2 Å². The van der Waals surface area contributed by atoms with Crippen molar-refractivity contribution in [3.8, 4) is 5.75 Å². The summed E-state index contributed by atoms with van der Waals surface area (Å²) in [6.45, 7) is 2.44. The van der Waals surface area contributed by atoms with Gasteiger partial charge in [-0.05, 0) is 30.5 Å². The molecule has 20 heavy (non-hydrogen) atoms. The van der Waals surface area contributed by atoms with Crippen LogP contribution in [0.1, 0.15) is 22.8 Å². The molecule has 0 bridgehead atoms. The third-order valence-electron chi connectivity index (χ3n) is 2.85. The quantitative estimate of drug-likeness (QED) is 0.690. The second kappa shape index (κ2) is 5.38. The molecular formula is C15H12N2O2S. The van der Waals surface area contributed by atoms with Crippen LogP contribution in [0.3, 0.4) is 0 Å². The Morgan fingerprint density at radius 3 is 2.95 bits per heavy atom. The molecule has 3 rings (SSSR count). The largest absolute Gasteiger partial charge is 0.492 e. The number of ketones is 1.